The van der Waals surface area contributed by atoms with Crippen LogP contribution < -0.4 is 10.5 Å². The molecule has 0 atom stereocenters. The molecule has 0 bridgehead atoms. The topological polar surface area (TPSA) is 38.1 Å². The second-order valence-electron chi connectivity index (χ2n) is 6.94. The number of nitrogens with zero attached hydrogens (tertiary/aromatic N) is 3. The summed E-state index contributed by atoms with van der Waals surface area (Å²) >= 11 is 7.02. The van der Waals surface area contributed by atoms with E-state index in [-0.39, 0.29) is 5.56 Å². The lowest BCUT2D eigenvalue weighted by molar-refractivity contribution is 0.587. The molecular weight excluding hydrogens is 470 g/mol. The summed E-state index contributed by atoms with van der Waals surface area (Å²) in [7, 11) is 4.06. The smallest absolute Gasteiger partial charge is 0.261 e. The van der Waals surface area contributed by atoms with E-state index < -0.39 is 0 Å². The van der Waals surface area contributed by atoms with Gasteiger partial charge in [-0.1, -0.05) is 28.1 Å². The van der Waals surface area contributed by atoms with Crippen molar-refractivity contribution < 1.29 is 0 Å². The van der Waals surface area contributed by atoms with E-state index in [4.69, 9.17) is 4.98 Å². The largest absolute Gasteiger partial charge is 0.378 e. The maximum atomic E-state index is 13.0. The molecule has 27 heavy (non-hydrogen) atoms. The monoisotopic (exact) mass is 487 g/mol. The molecule has 0 unspecified atom stereocenters. The van der Waals surface area contributed by atoms with Gasteiger partial charge in [0.05, 0.1) is 10.9 Å². The average molecular weight is 489 g/mol. The van der Waals surface area contributed by atoms with E-state index in [1.807, 2.05) is 30.8 Å². The van der Waals surface area contributed by atoms with Gasteiger partial charge in [-0.3, -0.25) is 9.36 Å². The van der Waals surface area contributed by atoms with E-state index in [0.29, 0.717) is 17.4 Å². The van der Waals surface area contributed by atoms with Crippen LogP contribution in [0, 0.1) is 0 Å². The van der Waals surface area contributed by atoms with E-state index in [2.05, 4.69) is 67.1 Å². The van der Waals surface area contributed by atoms with Crippen molar-refractivity contribution in [1.82, 2.24) is 9.55 Å². The summed E-state index contributed by atoms with van der Waals surface area (Å²) in [5.74, 6) is 0.776. The van der Waals surface area contributed by atoms with Crippen molar-refractivity contribution in [2.24, 2.45) is 0 Å². The van der Waals surface area contributed by atoms with Crippen LogP contribution in [0.5, 0.6) is 0 Å². The first-order valence-electron chi connectivity index (χ1n) is 8.82. The van der Waals surface area contributed by atoms with E-state index in [9.17, 15) is 4.79 Å². The number of anilines is 1. The Bertz CT molecular complexity index is 1110. The van der Waals surface area contributed by atoms with E-state index in [1.165, 1.54) is 0 Å². The molecule has 0 saturated carbocycles. The lowest BCUT2D eigenvalue weighted by atomic mass is 10.0. The van der Waals surface area contributed by atoms with Gasteiger partial charge < -0.3 is 4.90 Å². The second kappa shape index (κ2) is 7.24. The van der Waals surface area contributed by atoms with Gasteiger partial charge in [0.2, 0.25) is 0 Å². The van der Waals surface area contributed by atoms with E-state index >= 15 is 0 Å². The molecule has 0 spiro atoms. The van der Waals surface area contributed by atoms with Crippen molar-refractivity contribution in [3.05, 3.63) is 67.1 Å². The molecule has 0 radical (unpaired) electrons. The van der Waals surface area contributed by atoms with Crippen LogP contribution in [-0.2, 0) is 6.54 Å². The Morgan fingerprint density at radius 2 is 1.89 bits per heavy atom. The van der Waals surface area contributed by atoms with Crippen LogP contribution in [0.25, 0.3) is 22.6 Å². The molecule has 6 heteroatoms. The molecular formula is C21H19Br2N3O. The minimum atomic E-state index is 0.0190. The minimum absolute atomic E-state index is 0.0190. The van der Waals surface area contributed by atoms with Crippen molar-refractivity contribution in [3.8, 4) is 0 Å². The molecule has 2 heterocycles. The third-order valence-electron chi connectivity index (χ3n) is 4.84. The molecule has 4 nitrogen and oxygen atoms in total. The van der Waals surface area contributed by atoms with Crippen LogP contribution in [0.4, 0.5) is 5.69 Å². The van der Waals surface area contributed by atoms with Gasteiger partial charge in [-0.05, 0) is 70.2 Å². The van der Waals surface area contributed by atoms with Crippen LogP contribution in [0.3, 0.4) is 0 Å². The number of benzene rings is 2. The predicted octanol–water partition coefficient (Wildman–Crippen LogP) is 5.32. The zero-order valence-corrected chi connectivity index (χ0v) is 18.3. The highest BCUT2D eigenvalue weighted by Crippen LogP contribution is 2.31. The fourth-order valence-corrected chi connectivity index (χ4v) is 4.76. The molecule has 0 N–H and O–H groups in total. The zero-order valence-electron chi connectivity index (χ0n) is 15.2. The molecule has 138 valence electrons. The predicted molar refractivity (Wildman–Crippen MR) is 119 cm³/mol. The van der Waals surface area contributed by atoms with Crippen molar-refractivity contribution in [2.45, 2.75) is 19.4 Å². The molecule has 1 aliphatic rings. The number of halogens is 2. The summed E-state index contributed by atoms with van der Waals surface area (Å²) in [5.41, 5.74) is 4.12. The Morgan fingerprint density at radius 1 is 1.15 bits per heavy atom. The molecule has 2 aromatic carbocycles. The first kappa shape index (κ1) is 18.4. The molecule has 0 saturated heterocycles. The highest BCUT2D eigenvalue weighted by atomic mass is 79.9. The fourth-order valence-electron chi connectivity index (χ4n) is 3.45. The number of hydrogen-bond acceptors (Lipinski definition) is 3. The number of rotatable bonds is 2. The van der Waals surface area contributed by atoms with Gasteiger partial charge in [-0.2, -0.15) is 0 Å². The maximum absolute atomic E-state index is 13.0. The van der Waals surface area contributed by atoms with Gasteiger partial charge >= 0.3 is 0 Å². The summed E-state index contributed by atoms with van der Waals surface area (Å²) < 4.78 is 3.51. The molecule has 0 fully saturated rings. The Labute approximate surface area is 174 Å². The standard InChI is InChI=1S/C21H19Br2N3O/c1-25(2)16-7-5-13(6-8-16)10-14-4-3-9-26-20(14)24-19-17(21(26)27)11-15(22)12-18(19)23/h5-8,10-12H,3-4,9H2,1-2H3/b14-10+. The Kier molecular flexibility index (Phi) is 4.95. The molecule has 0 amide bonds. The number of aromatic nitrogens is 2. The number of hydrogen-bond donors (Lipinski definition) is 0. The summed E-state index contributed by atoms with van der Waals surface area (Å²) in [6.07, 6.45) is 4.01. The summed E-state index contributed by atoms with van der Waals surface area (Å²) in [5, 5.41) is 0.636. The van der Waals surface area contributed by atoms with Crippen LogP contribution in [0.2, 0.25) is 0 Å². The Morgan fingerprint density at radius 3 is 2.59 bits per heavy atom. The van der Waals surface area contributed by atoms with Crippen LogP contribution in [0.15, 0.2) is 50.1 Å². The number of fused-ring (bicyclic) bond motifs is 2. The zero-order chi connectivity index (χ0) is 19.1. The summed E-state index contributed by atoms with van der Waals surface area (Å²) in [6.45, 7) is 0.706. The fraction of sp³-hybridized carbons (Fsp3) is 0.238. The lowest BCUT2D eigenvalue weighted by Gasteiger charge is -2.21. The third kappa shape index (κ3) is 3.48. The van der Waals surface area contributed by atoms with Crippen LogP contribution in [0.1, 0.15) is 24.2 Å². The molecule has 1 aromatic heterocycles. The van der Waals surface area contributed by atoms with Crippen molar-refractivity contribution in [2.75, 3.05) is 19.0 Å². The quantitative estimate of drug-likeness (QED) is 0.489. The highest BCUT2D eigenvalue weighted by Gasteiger charge is 2.20. The minimum Gasteiger partial charge on any atom is -0.378 e. The Hall–Kier alpha value is -1.92. The summed E-state index contributed by atoms with van der Waals surface area (Å²) in [6, 6.07) is 12.2. The van der Waals surface area contributed by atoms with Crippen molar-refractivity contribution in [3.63, 3.8) is 0 Å². The first-order chi connectivity index (χ1) is 12.9. The van der Waals surface area contributed by atoms with Crippen molar-refractivity contribution in [1.29, 1.82) is 0 Å². The van der Waals surface area contributed by atoms with Gasteiger partial charge in [-0.15, -0.1) is 0 Å². The second-order valence-corrected chi connectivity index (χ2v) is 8.71. The Balaban J connectivity index is 1.86. The van der Waals surface area contributed by atoms with Crippen LogP contribution >= 0.6 is 31.9 Å². The molecule has 4 rings (SSSR count). The van der Waals surface area contributed by atoms with Crippen LogP contribution in [-0.4, -0.2) is 23.6 Å². The maximum Gasteiger partial charge on any atom is 0.261 e. The van der Waals surface area contributed by atoms with Crippen molar-refractivity contribution >= 4 is 60.1 Å². The van der Waals surface area contributed by atoms with E-state index in [0.717, 1.165) is 44.4 Å². The SMILES string of the molecule is CN(C)c1ccc(/C=C2\CCCn3c2nc2c(Br)cc(Br)cc2c3=O)cc1. The molecule has 3 aromatic rings. The molecule has 0 aliphatic carbocycles. The number of allylic oxidation sites excluding steroid dienone is 1. The average Bonchev–Trinajstić information content (AvgIpc) is 2.64. The summed E-state index contributed by atoms with van der Waals surface area (Å²) in [4.78, 5) is 20.0. The van der Waals surface area contributed by atoms with Gasteiger partial charge in [0, 0.05) is 35.3 Å². The van der Waals surface area contributed by atoms with E-state index in [1.54, 1.807) is 0 Å². The third-order valence-corrected chi connectivity index (χ3v) is 5.90. The first-order valence-corrected chi connectivity index (χ1v) is 10.4. The normalized spacial score (nSPS) is 15.2. The lowest BCUT2D eigenvalue weighted by Crippen LogP contribution is -2.28. The van der Waals surface area contributed by atoms with Gasteiger partial charge in [0.15, 0.2) is 0 Å². The van der Waals surface area contributed by atoms with Gasteiger partial charge in [-0.25, -0.2) is 4.98 Å². The molecule has 1 aliphatic heterocycles. The highest BCUT2D eigenvalue weighted by molar-refractivity contribution is 9.11. The van der Waals surface area contributed by atoms with Gasteiger partial charge in [0.1, 0.15) is 5.82 Å². The van der Waals surface area contributed by atoms with Gasteiger partial charge in [0.25, 0.3) is 5.56 Å².